The normalized spacial score (nSPS) is 27.5. The standard InChI is InChI=1S/C13H12O3/c1-7-9-3-4-11(14)16-13(9)8(2)12-10(7)5-6-15-12/h3-7,9H,1-2H3. The van der Waals surface area contributed by atoms with Crippen LogP contribution in [0, 0.1) is 5.92 Å². The first-order valence-electron chi connectivity index (χ1n) is 5.37. The Bertz CT molecular complexity index is 519. The Balaban J connectivity index is 2.21. The van der Waals surface area contributed by atoms with Crippen LogP contribution in [-0.2, 0) is 9.53 Å². The summed E-state index contributed by atoms with van der Waals surface area (Å²) >= 11 is 0. The molecule has 3 nitrogen and oxygen atoms in total. The van der Waals surface area contributed by atoms with Crippen molar-refractivity contribution in [2.75, 3.05) is 0 Å². The first-order chi connectivity index (χ1) is 7.68. The van der Waals surface area contributed by atoms with Crippen molar-refractivity contribution >= 4 is 11.5 Å². The van der Waals surface area contributed by atoms with Crippen LogP contribution in [0.5, 0.6) is 0 Å². The van der Waals surface area contributed by atoms with Gasteiger partial charge in [0.2, 0.25) is 0 Å². The predicted octanol–water partition coefficient (Wildman–Crippen LogP) is 2.86. The van der Waals surface area contributed by atoms with Crippen LogP contribution in [0.1, 0.15) is 31.1 Å². The second kappa shape index (κ2) is 3.11. The molecule has 0 saturated carbocycles. The van der Waals surface area contributed by atoms with E-state index >= 15 is 0 Å². The molecule has 0 fully saturated rings. The number of carbonyl (C=O) groups is 1. The van der Waals surface area contributed by atoms with Crippen LogP contribution in [0.3, 0.4) is 0 Å². The van der Waals surface area contributed by atoms with Crippen LogP contribution in [0.15, 0.2) is 34.7 Å². The van der Waals surface area contributed by atoms with Crippen molar-refractivity contribution in [2.24, 2.45) is 5.92 Å². The highest BCUT2D eigenvalue weighted by Crippen LogP contribution is 2.45. The Morgan fingerprint density at radius 2 is 2.19 bits per heavy atom. The van der Waals surface area contributed by atoms with Gasteiger partial charge in [-0.3, -0.25) is 0 Å². The summed E-state index contributed by atoms with van der Waals surface area (Å²) in [5.41, 5.74) is 2.12. The van der Waals surface area contributed by atoms with E-state index < -0.39 is 0 Å². The van der Waals surface area contributed by atoms with Crippen molar-refractivity contribution in [1.82, 2.24) is 0 Å². The van der Waals surface area contributed by atoms with Crippen molar-refractivity contribution in [3.63, 3.8) is 0 Å². The number of furan rings is 1. The van der Waals surface area contributed by atoms with E-state index in [0.717, 1.165) is 17.1 Å². The maximum Gasteiger partial charge on any atom is 0.335 e. The molecular weight excluding hydrogens is 204 g/mol. The zero-order valence-corrected chi connectivity index (χ0v) is 9.19. The Morgan fingerprint density at radius 1 is 1.38 bits per heavy atom. The molecule has 1 aromatic heterocycles. The lowest BCUT2D eigenvalue weighted by molar-refractivity contribution is -0.135. The van der Waals surface area contributed by atoms with Crippen LogP contribution >= 0.6 is 0 Å². The number of esters is 1. The van der Waals surface area contributed by atoms with E-state index in [4.69, 9.17) is 9.15 Å². The number of hydrogen-bond donors (Lipinski definition) is 0. The van der Waals surface area contributed by atoms with Crippen molar-refractivity contribution in [2.45, 2.75) is 19.8 Å². The Labute approximate surface area is 93.4 Å². The van der Waals surface area contributed by atoms with Crippen molar-refractivity contribution in [1.29, 1.82) is 0 Å². The molecule has 1 aliphatic heterocycles. The van der Waals surface area contributed by atoms with Gasteiger partial charge in [0, 0.05) is 23.1 Å². The highest BCUT2D eigenvalue weighted by molar-refractivity contribution is 5.86. The van der Waals surface area contributed by atoms with Crippen LogP contribution < -0.4 is 0 Å². The minimum Gasteiger partial charge on any atom is -0.464 e. The third-order valence-electron chi connectivity index (χ3n) is 3.39. The summed E-state index contributed by atoms with van der Waals surface area (Å²) in [6, 6.07) is 1.99. The minimum atomic E-state index is -0.298. The molecule has 0 amide bonds. The topological polar surface area (TPSA) is 39.4 Å². The highest BCUT2D eigenvalue weighted by atomic mass is 16.5. The van der Waals surface area contributed by atoms with E-state index in [1.54, 1.807) is 6.26 Å². The second-order valence-electron chi connectivity index (χ2n) is 4.29. The summed E-state index contributed by atoms with van der Waals surface area (Å²) in [6.07, 6.45) is 5.11. The van der Waals surface area contributed by atoms with Gasteiger partial charge >= 0.3 is 5.97 Å². The molecule has 2 unspecified atom stereocenters. The molecule has 0 saturated heterocycles. The molecule has 0 radical (unpaired) electrons. The molecule has 1 aromatic rings. The van der Waals surface area contributed by atoms with Crippen molar-refractivity contribution in [3.8, 4) is 0 Å². The smallest absolute Gasteiger partial charge is 0.335 e. The first kappa shape index (κ1) is 9.46. The van der Waals surface area contributed by atoms with E-state index in [0.29, 0.717) is 0 Å². The lowest BCUT2D eigenvalue weighted by Crippen LogP contribution is -2.23. The zero-order valence-electron chi connectivity index (χ0n) is 9.19. The van der Waals surface area contributed by atoms with Gasteiger partial charge in [0.05, 0.1) is 6.26 Å². The summed E-state index contributed by atoms with van der Waals surface area (Å²) in [5, 5.41) is 0. The molecular formula is C13H12O3. The van der Waals surface area contributed by atoms with Crippen LogP contribution in [0.25, 0.3) is 5.57 Å². The number of carbonyl (C=O) groups excluding carboxylic acids is 1. The zero-order chi connectivity index (χ0) is 11.3. The molecule has 2 atom stereocenters. The third kappa shape index (κ3) is 1.11. The Kier molecular flexibility index (Phi) is 1.84. The van der Waals surface area contributed by atoms with Crippen molar-refractivity contribution < 1.29 is 13.9 Å². The molecule has 0 aromatic carbocycles. The van der Waals surface area contributed by atoms with Gasteiger partial charge in [0.25, 0.3) is 0 Å². The predicted molar refractivity (Wildman–Crippen MR) is 58.4 cm³/mol. The molecule has 1 aliphatic carbocycles. The molecule has 3 rings (SSSR count). The summed E-state index contributed by atoms with van der Waals surface area (Å²) in [5.74, 6) is 1.73. The average Bonchev–Trinajstić information content (AvgIpc) is 2.75. The summed E-state index contributed by atoms with van der Waals surface area (Å²) in [7, 11) is 0. The van der Waals surface area contributed by atoms with Gasteiger partial charge in [-0.15, -0.1) is 0 Å². The SMILES string of the molecule is CC1=C2OC(=O)C=CC2C(C)c2ccoc21. The van der Waals surface area contributed by atoms with Gasteiger partial charge in [-0.2, -0.15) is 0 Å². The molecule has 2 aliphatic rings. The lowest BCUT2D eigenvalue weighted by atomic mass is 9.78. The van der Waals surface area contributed by atoms with Gasteiger partial charge in [-0.25, -0.2) is 4.79 Å². The fraction of sp³-hybridized carbons (Fsp3) is 0.308. The van der Waals surface area contributed by atoms with Crippen LogP contribution in [0.2, 0.25) is 0 Å². The molecule has 3 heteroatoms. The van der Waals surface area contributed by atoms with E-state index in [9.17, 15) is 4.79 Å². The average molecular weight is 216 g/mol. The molecule has 16 heavy (non-hydrogen) atoms. The maximum atomic E-state index is 11.2. The quantitative estimate of drug-likeness (QED) is 0.626. The monoisotopic (exact) mass is 216 g/mol. The number of hydrogen-bond acceptors (Lipinski definition) is 3. The summed E-state index contributed by atoms with van der Waals surface area (Å²) in [4.78, 5) is 11.2. The van der Waals surface area contributed by atoms with Gasteiger partial charge in [0.1, 0.15) is 11.5 Å². The van der Waals surface area contributed by atoms with Gasteiger partial charge in [-0.1, -0.05) is 13.0 Å². The van der Waals surface area contributed by atoms with E-state index in [-0.39, 0.29) is 17.8 Å². The highest BCUT2D eigenvalue weighted by Gasteiger charge is 2.36. The Morgan fingerprint density at radius 3 is 3.00 bits per heavy atom. The molecule has 82 valence electrons. The third-order valence-corrected chi connectivity index (χ3v) is 3.39. The largest absolute Gasteiger partial charge is 0.464 e. The minimum absolute atomic E-state index is 0.155. The van der Waals surface area contributed by atoms with Gasteiger partial charge < -0.3 is 9.15 Å². The van der Waals surface area contributed by atoms with Gasteiger partial charge in [0.15, 0.2) is 0 Å². The molecule has 0 N–H and O–H groups in total. The molecule has 0 bridgehead atoms. The number of ether oxygens (including phenoxy) is 1. The first-order valence-corrected chi connectivity index (χ1v) is 5.37. The van der Waals surface area contributed by atoms with Crippen molar-refractivity contribution in [3.05, 3.63) is 41.6 Å². The summed E-state index contributed by atoms with van der Waals surface area (Å²) in [6.45, 7) is 4.05. The number of allylic oxidation sites excluding steroid dienone is 2. The Hall–Kier alpha value is -1.77. The van der Waals surface area contributed by atoms with Crippen LogP contribution in [0.4, 0.5) is 0 Å². The fourth-order valence-electron chi connectivity index (χ4n) is 2.49. The number of rotatable bonds is 0. The van der Waals surface area contributed by atoms with E-state index in [1.165, 1.54) is 11.6 Å². The van der Waals surface area contributed by atoms with E-state index in [2.05, 4.69) is 6.92 Å². The van der Waals surface area contributed by atoms with E-state index in [1.807, 2.05) is 19.1 Å². The molecule has 2 heterocycles. The van der Waals surface area contributed by atoms with Crippen LogP contribution in [-0.4, -0.2) is 5.97 Å². The fourth-order valence-corrected chi connectivity index (χ4v) is 2.49. The van der Waals surface area contributed by atoms with Gasteiger partial charge in [-0.05, 0) is 18.9 Å². The number of fused-ring (bicyclic) bond motifs is 2. The molecule has 0 spiro atoms. The maximum absolute atomic E-state index is 11.2. The summed E-state index contributed by atoms with van der Waals surface area (Å²) < 4.78 is 10.7. The lowest BCUT2D eigenvalue weighted by Gasteiger charge is -2.31. The second-order valence-corrected chi connectivity index (χ2v) is 4.29.